The van der Waals surface area contributed by atoms with Gasteiger partial charge in [0.2, 0.25) is 0 Å². The van der Waals surface area contributed by atoms with E-state index in [0.29, 0.717) is 5.56 Å². The number of carbonyl (C=O) groups excluding carboxylic acids is 2. The number of hydrogen-bond donors (Lipinski definition) is 1. The van der Waals surface area contributed by atoms with Gasteiger partial charge in [-0.2, -0.15) is 10.1 Å². The number of phenols is 1. The minimum Gasteiger partial charge on any atom is -0.507 e. The van der Waals surface area contributed by atoms with Gasteiger partial charge in [0, 0.05) is 21.9 Å². The smallest absolute Gasteiger partial charge is 0.254 e. The van der Waals surface area contributed by atoms with Gasteiger partial charge in [-0.15, -0.1) is 0 Å². The van der Waals surface area contributed by atoms with Gasteiger partial charge in [0.15, 0.2) is 0 Å². The Morgan fingerprint density at radius 3 is 1.77 bits per heavy atom. The summed E-state index contributed by atoms with van der Waals surface area (Å²) in [5, 5.41) is 15.3. The van der Waals surface area contributed by atoms with Gasteiger partial charge in [-0.1, -0.05) is 64.5 Å². The Bertz CT molecular complexity index is 1190. The Balaban J connectivity index is 1.46. The number of benzene rings is 3. The Kier molecular flexibility index (Phi) is 3.96. The summed E-state index contributed by atoms with van der Waals surface area (Å²) in [5.41, 5.74) is 4.95. The summed E-state index contributed by atoms with van der Waals surface area (Å²) in [6.07, 6.45) is 1.37. The highest BCUT2D eigenvalue weighted by Crippen LogP contribution is 2.60. The molecule has 3 aliphatic carbocycles. The monoisotopic (exact) mass is 472 g/mol. The predicted octanol–water partition coefficient (Wildman–Crippen LogP) is 4.38. The Morgan fingerprint density at radius 2 is 1.29 bits per heavy atom. The number of hydrogen-bond acceptors (Lipinski definition) is 4. The molecule has 4 aliphatic rings. The van der Waals surface area contributed by atoms with Crippen LogP contribution < -0.4 is 0 Å². The summed E-state index contributed by atoms with van der Waals surface area (Å²) in [4.78, 5) is 26.9. The summed E-state index contributed by atoms with van der Waals surface area (Å²) in [5.74, 6) is -1.76. The van der Waals surface area contributed by atoms with Gasteiger partial charge in [0.25, 0.3) is 11.8 Å². The number of hydrazone groups is 1. The molecule has 5 nitrogen and oxygen atoms in total. The SMILES string of the molecule is O=C1[C@@H]2C3c4ccccc4C(c4ccccc43)[C@@H]2C(=O)N1/N=C\c1cc(Br)ccc1O. The first-order valence-corrected chi connectivity index (χ1v) is 10.9. The molecule has 1 aliphatic heterocycles. The van der Waals surface area contributed by atoms with Crippen molar-refractivity contribution in [2.45, 2.75) is 11.8 Å². The van der Waals surface area contributed by atoms with Gasteiger partial charge in [0.05, 0.1) is 18.1 Å². The van der Waals surface area contributed by atoms with Crippen LogP contribution in [0.25, 0.3) is 0 Å². The minimum atomic E-state index is -0.462. The first kappa shape index (κ1) is 18.5. The maximum absolute atomic E-state index is 13.5. The molecule has 3 aromatic rings. The Morgan fingerprint density at radius 1 is 0.806 bits per heavy atom. The molecule has 3 aromatic carbocycles. The number of amides is 2. The molecule has 0 saturated carbocycles. The average Bonchev–Trinajstić information content (AvgIpc) is 3.05. The number of rotatable bonds is 2. The van der Waals surface area contributed by atoms with E-state index < -0.39 is 11.8 Å². The van der Waals surface area contributed by atoms with Crippen molar-refractivity contribution in [2.75, 3.05) is 0 Å². The predicted molar refractivity (Wildman–Crippen MR) is 119 cm³/mol. The minimum absolute atomic E-state index is 0.0309. The Hall–Kier alpha value is -3.25. The molecule has 0 unspecified atom stereocenters. The molecule has 0 radical (unpaired) electrons. The van der Waals surface area contributed by atoms with Crippen LogP contribution in [0.5, 0.6) is 5.75 Å². The van der Waals surface area contributed by atoms with Gasteiger partial charge >= 0.3 is 0 Å². The van der Waals surface area contributed by atoms with Crippen molar-refractivity contribution in [3.63, 3.8) is 0 Å². The number of nitrogens with zero attached hydrogens (tertiary/aromatic N) is 2. The van der Waals surface area contributed by atoms with Gasteiger partial charge < -0.3 is 5.11 Å². The van der Waals surface area contributed by atoms with Crippen LogP contribution in [0.15, 0.2) is 76.3 Å². The highest BCUT2D eigenvalue weighted by molar-refractivity contribution is 9.10. The molecule has 0 spiro atoms. The van der Waals surface area contributed by atoms with Crippen molar-refractivity contribution in [1.82, 2.24) is 5.01 Å². The summed E-state index contributed by atoms with van der Waals surface area (Å²) < 4.78 is 0.767. The molecule has 6 heteroatoms. The summed E-state index contributed by atoms with van der Waals surface area (Å²) >= 11 is 3.36. The third-order valence-corrected chi connectivity index (χ3v) is 7.22. The fraction of sp³-hybridized carbons (Fsp3) is 0.160. The largest absolute Gasteiger partial charge is 0.507 e. The van der Waals surface area contributed by atoms with Crippen molar-refractivity contribution in [3.05, 3.63) is 99.0 Å². The molecule has 7 rings (SSSR count). The third-order valence-electron chi connectivity index (χ3n) is 6.73. The lowest BCUT2D eigenvalue weighted by Crippen LogP contribution is -2.41. The third kappa shape index (κ3) is 2.51. The second kappa shape index (κ2) is 6.62. The van der Waals surface area contributed by atoms with Crippen LogP contribution in [0.1, 0.15) is 39.7 Å². The van der Waals surface area contributed by atoms with E-state index in [1.54, 1.807) is 12.1 Å². The van der Waals surface area contributed by atoms with Crippen LogP contribution in [0.4, 0.5) is 0 Å². The van der Waals surface area contributed by atoms with Crippen LogP contribution in [0.3, 0.4) is 0 Å². The highest BCUT2D eigenvalue weighted by Gasteiger charge is 2.61. The lowest BCUT2D eigenvalue weighted by molar-refractivity contribution is -0.139. The maximum atomic E-state index is 13.5. The van der Waals surface area contributed by atoms with E-state index in [-0.39, 0.29) is 29.4 Å². The molecule has 2 bridgehead atoms. The molecule has 152 valence electrons. The standard InChI is InChI=1S/C25H17BrN2O3/c26-14-9-10-19(29)13(11-14)12-27-28-24(30)22-20-15-5-1-2-6-16(15)21(23(22)25(28)31)18-8-4-3-7-17(18)20/h1-12,20-23,29H/b27-12-/t20?,21?,22-,23+. The zero-order valence-corrected chi connectivity index (χ0v) is 17.9. The molecule has 1 saturated heterocycles. The number of carbonyl (C=O) groups is 2. The van der Waals surface area contributed by atoms with Gasteiger partial charge in [-0.05, 0) is 40.5 Å². The number of halogens is 1. The fourth-order valence-electron chi connectivity index (χ4n) is 5.52. The number of aromatic hydroxyl groups is 1. The summed E-state index contributed by atoms with van der Waals surface area (Å²) in [7, 11) is 0. The van der Waals surface area contributed by atoms with Crippen LogP contribution in [-0.4, -0.2) is 28.1 Å². The highest BCUT2D eigenvalue weighted by atomic mass is 79.9. The molecule has 1 N–H and O–H groups in total. The second-order valence-electron chi connectivity index (χ2n) is 8.20. The van der Waals surface area contributed by atoms with E-state index >= 15 is 0 Å². The van der Waals surface area contributed by atoms with Crippen molar-refractivity contribution in [3.8, 4) is 5.75 Å². The molecule has 0 aromatic heterocycles. The number of imide groups is 1. The molecule has 31 heavy (non-hydrogen) atoms. The normalized spacial score (nSPS) is 25.6. The van der Waals surface area contributed by atoms with Crippen LogP contribution in [0, 0.1) is 11.8 Å². The van der Waals surface area contributed by atoms with Crippen molar-refractivity contribution < 1.29 is 14.7 Å². The number of phenolic OH excluding ortho intramolecular Hbond substituents is 1. The van der Waals surface area contributed by atoms with E-state index in [9.17, 15) is 14.7 Å². The van der Waals surface area contributed by atoms with Gasteiger partial charge in [0.1, 0.15) is 5.75 Å². The lowest BCUT2D eigenvalue weighted by Gasteiger charge is -2.45. The molecular formula is C25H17BrN2O3. The summed E-state index contributed by atoms with van der Waals surface area (Å²) in [6, 6.07) is 21.2. The lowest BCUT2D eigenvalue weighted by atomic mass is 9.55. The molecule has 1 heterocycles. The molecule has 2 atom stereocenters. The Labute approximate surface area is 187 Å². The van der Waals surface area contributed by atoms with Gasteiger partial charge in [-0.25, -0.2) is 0 Å². The van der Waals surface area contributed by atoms with Crippen LogP contribution >= 0.6 is 15.9 Å². The zero-order chi connectivity index (χ0) is 21.3. The first-order chi connectivity index (χ1) is 15.1. The van der Waals surface area contributed by atoms with Gasteiger partial charge in [-0.3, -0.25) is 9.59 Å². The zero-order valence-electron chi connectivity index (χ0n) is 16.3. The van der Waals surface area contributed by atoms with Crippen LogP contribution in [0.2, 0.25) is 0 Å². The van der Waals surface area contributed by atoms with Crippen LogP contribution in [-0.2, 0) is 9.59 Å². The van der Waals surface area contributed by atoms with Crippen molar-refractivity contribution >= 4 is 34.0 Å². The van der Waals surface area contributed by atoms with Crippen molar-refractivity contribution in [1.29, 1.82) is 0 Å². The van der Waals surface area contributed by atoms with E-state index in [0.717, 1.165) is 31.7 Å². The molecular weight excluding hydrogens is 456 g/mol. The molecule has 2 amide bonds. The topological polar surface area (TPSA) is 70.0 Å². The maximum Gasteiger partial charge on any atom is 0.254 e. The van der Waals surface area contributed by atoms with E-state index in [1.165, 1.54) is 12.3 Å². The van der Waals surface area contributed by atoms with E-state index in [4.69, 9.17) is 0 Å². The summed E-state index contributed by atoms with van der Waals surface area (Å²) in [6.45, 7) is 0. The fourth-order valence-corrected chi connectivity index (χ4v) is 5.90. The quantitative estimate of drug-likeness (QED) is 0.444. The first-order valence-electron chi connectivity index (χ1n) is 10.1. The van der Waals surface area contributed by atoms with E-state index in [1.807, 2.05) is 24.3 Å². The second-order valence-corrected chi connectivity index (χ2v) is 9.12. The van der Waals surface area contributed by atoms with E-state index in [2.05, 4.69) is 45.3 Å². The average molecular weight is 473 g/mol. The van der Waals surface area contributed by atoms with Crippen molar-refractivity contribution in [2.24, 2.45) is 16.9 Å². The molecule has 1 fully saturated rings.